The van der Waals surface area contributed by atoms with Crippen LogP contribution < -0.4 is 16.0 Å². The Hall–Kier alpha value is -2.24. The third kappa shape index (κ3) is 6.43. The average Bonchev–Trinajstić information content (AvgIpc) is 2.69. The van der Waals surface area contributed by atoms with Crippen LogP contribution in [0.15, 0.2) is 48.5 Å². The quantitative estimate of drug-likeness (QED) is 0.567. The number of carbonyl (C=O) groups is 2. The molecule has 0 aliphatic rings. The highest BCUT2D eigenvalue weighted by atomic mass is 35.5. The van der Waals surface area contributed by atoms with Gasteiger partial charge in [-0.25, -0.2) is 4.79 Å². The SMILES string of the molecule is CCC(C)C(NC(=O)Nc1cccc(Cl)c1Cl)C(=O)NCCc1ccccc1. The molecule has 2 aromatic rings. The average molecular weight is 422 g/mol. The van der Waals surface area contributed by atoms with Gasteiger partial charge in [-0.1, -0.05) is 79.9 Å². The maximum atomic E-state index is 12.6. The number of carbonyl (C=O) groups excluding carboxylic acids is 2. The van der Waals surface area contributed by atoms with Gasteiger partial charge < -0.3 is 16.0 Å². The van der Waals surface area contributed by atoms with Gasteiger partial charge in [0.1, 0.15) is 6.04 Å². The first-order valence-electron chi connectivity index (χ1n) is 9.25. The third-order valence-electron chi connectivity index (χ3n) is 4.54. The monoisotopic (exact) mass is 421 g/mol. The van der Waals surface area contributed by atoms with Crippen molar-refractivity contribution in [3.05, 3.63) is 64.1 Å². The number of urea groups is 1. The summed E-state index contributed by atoms with van der Waals surface area (Å²) in [4.78, 5) is 25.0. The van der Waals surface area contributed by atoms with Crippen molar-refractivity contribution in [2.45, 2.75) is 32.7 Å². The first-order valence-corrected chi connectivity index (χ1v) is 10.0. The highest BCUT2D eigenvalue weighted by Gasteiger charge is 2.26. The lowest BCUT2D eigenvalue weighted by Gasteiger charge is -2.24. The Morgan fingerprint density at radius 2 is 1.75 bits per heavy atom. The normalized spacial score (nSPS) is 12.7. The van der Waals surface area contributed by atoms with Crippen LogP contribution in [0.5, 0.6) is 0 Å². The molecule has 7 heteroatoms. The second kappa shape index (κ2) is 10.9. The molecule has 2 unspecified atom stereocenters. The minimum Gasteiger partial charge on any atom is -0.354 e. The molecule has 0 aromatic heterocycles. The molecule has 150 valence electrons. The van der Waals surface area contributed by atoms with Gasteiger partial charge in [-0.15, -0.1) is 0 Å². The van der Waals surface area contributed by atoms with Gasteiger partial charge >= 0.3 is 6.03 Å². The molecule has 0 spiro atoms. The van der Waals surface area contributed by atoms with E-state index in [1.54, 1.807) is 18.2 Å². The lowest BCUT2D eigenvalue weighted by molar-refractivity contribution is -0.124. The van der Waals surface area contributed by atoms with Crippen LogP contribution in [0.4, 0.5) is 10.5 Å². The first-order chi connectivity index (χ1) is 13.4. The maximum absolute atomic E-state index is 12.6. The van der Waals surface area contributed by atoms with E-state index in [0.717, 1.165) is 18.4 Å². The molecule has 0 fully saturated rings. The van der Waals surface area contributed by atoms with Gasteiger partial charge in [0.15, 0.2) is 0 Å². The number of anilines is 1. The third-order valence-corrected chi connectivity index (χ3v) is 5.36. The van der Waals surface area contributed by atoms with Crippen molar-refractivity contribution in [3.63, 3.8) is 0 Å². The topological polar surface area (TPSA) is 70.2 Å². The van der Waals surface area contributed by atoms with E-state index < -0.39 is 12.1 Å². The Bertz CT molecular complexity index is 799. The Labute approximate surface area is 175 Å². The standard InChI is InChI=1S/C21H25Cl2N3O2/c1-3-14(2)19(20(27)24-13-12-15-8-5-4-6-9-15)26-21(28)25-17-11-7-10-16(22)18(17)23/h4-11,14,19H,3,12-13H2,1-2H3,(H,24,27)(H2,25,26,28). The molecular weight excluding hydrogens is 397 g/mol. The molecule has 0 saturated heterocycles. The molecule has 0 bridgehead atoms. The Morgan fingerprint density at radius 3 is 2.43 bits per heavy atom. The van der Waals surface area contributed by atoms with Gasteiger partial charge in [-0.05, 0) is 30.0 Å². The van der Waals surface area contributed by atoms with Crippen LogP contribution in [0.3, 0.4) is 0 Å². The van der Waals surface area contributed by atoms with Gasteiger partial charge in [-0.3, -0.25) is 4.79 Å². The Balaban J connectivity index is 1.95. The minimum atomic E-state index is -0.654. The molecule has 28 heavy (non-hydrogen) atoms. The number of amides is 3. The van der Waals surface area contributed by atoms with Crippen LogP contribution in [0.25, 0.3) is 0 Å². The van der Waals surface area contributed by atoms with Crippen molar-refractivity contribution >= 4 is 40.8 Å². The van der Waals surface area contributed by atoms with Gasteiger partial charge in [0.05, 0.1) is 15.7 Å². The van der Waals surface area contributed by atoms with Crippen molar-refractivity contribution in [1.82, 2.24) is 10.6 Å². The van der Waals surface area contributed by atoms with Crippen molar-refractivity contribution in [2.24, 2.45) is 5.92 Å². The van der Waals surface area contributed by atoms with Gasteiger partial charge in [0.25, 0.3) is 0 Å². The molecule has 2 aromatic carbocycles. The molecule has 2 rings (SSSR count). The molecule has 0 aliphatic carbocycles. The molecular formula is C21H25Cl2N3O2. The van der Waals surface area contributed by atoms with Gasteiger partial charge in [0, 0.05) is 6.54 Å². The van der Waals surface area contributed by atoms with E-state index in [9.17, 15) is 9.59 Å². The molecule has 3 N–H and O–H groups in total. The van der Waals surface area contributed by atoms with Crippen molar-refractivity contribution < 1.29 is 9.59 Å². The number of hydrogen-bond acceptors (Lipinski definition) is 2. The number of nitrogens with one attached hydrogen (secondary N) is 3. The zero-order valence-corrected chi connectivity index (χ0v) is 17.5. The van der Waals surface area contributed by atoms with Crippen LogP contribution in [-0.4, -0.2) is 24.5 Å². The fourth-order valence-corrected chi connectivity index (χ4v) is 3.03. The zero-order chi connectivity index (χ0) is 20.5. The molecule has 0 radical (unpaired) electrons. The van der Waals surface area contributed by atoms with E-state index >= 15 is 0 Å². The molecule has 0 heterocycles. The molecule has 0 aliphatic heterocycles. The summed E-state index contributed by atoms with van der Waals surface area (Å²) in [5.41, 5.74) is 1.53. The smallest absolute Gasteiger partial charge is 0.319 e. The number of hydrogen-bond donors (Lipinski definition) is 3. The van der Waals surface area contributed by atoms with Crippen molar-refractivity contribution in [3.8, 4) is 0 Å². The largest absolute Gasteiger partial charge is 0.354 e. The van der Waals surface area contributed by atoms with Crippen molar-refractivity contribution in [1.29, 1.82) is 0 Å². The van der Waals surface area contributed by atoms with Crippen LogP contribution in [-0.2, 0) is 11.2 Å². The first kappa shape index (κ1) is 22.1. The van der Waals surface area contributed by atoms with E-state index in [4.69, 9.17) is 23.2 Å². The molecule has 3 amide bonds. The summed E-state index contributed by atoms with van der Waals surface area (Å²) in [5.74, 6) is -0.241. The molecule has 0 saturated carbocycles. The lowest BCUT2D eigenvalue weighted by Crippen LogP contribution is -2.51. The summed E-state index contributed by atoms with van der Waals surface area (Å²) in [7, 11) is 0. The van der Waals surface area contributed by atoms with Crippen molar-refractivity contribution in [2.75, 3.05) is 11.9 Å². The lowest BCUT2D eigenvalue weighted by atomic mass is 9.98. The summed E-state index contributed by atoms with van der Waals surface area (Å²) in [6.45, 7) is 4.40. The van der Waals surface area contributed by atoms with Crippen LogP contribution in [0.2, 0.25) is 10.0 Å². The summed E-state index contributed by atoms with van der Waals surface area (Å²) in [5, 5.41) is 8.91. The van der Waals surface area contributed by atoms with E-state index in [0.29, 0.717) is 17.3 Å². The highest BCUT2D eigenvalue weighted by molar-refractivity contribution is 6.43. The summed E-state index contributed by atoms with van der Waals surface area (Å²) in [6, 6.07) is 13.7. The summed E-state index contributed by atoms with van der Waals surface area (Å²) >= 11 is 12.1. The summed E-state index contributed by atoms with van der Waals surface area (Å²) in [6.07, 6.45) is 1.47. The predicted molar refractivity (Wildman–Crippen MR) is 115 cm³/mol. The maximum Gasteiger partial charge on any atom is 0.319 e. The van der Waals surface area contributed by atoms with E-state index in [1.165, 1.54) is 0 Å². The van der Waals surface area contributed by atoms with E-state index in [2.05, 4.69) is 16.0 Å². The second-order valence-electron chi connectivity index (χ2n) is 6.59. The predicted octanol–water partition coefficient (Wildman–Crippen LogP) is 4.89. The van der Waals surface area contributed by atoms with Crippen LogP contribution >= 0.6 is 23.2 Å². The van der Waals surface area contributed by atoms with E-state index in [1.807, 2.05) is 44.2 Å². The zero-order valence-electron chi connectivity index (χ0n) is 16.0. The number of halogens is 2. The van der Waals surface area contributed by atoms with Crippen LogP contribution in [0, 0.1) is 5.92 Å². The fourth-order valence-electron chi connectivity index (χ4n) is 2.69. The molecule has 2 atom stereocenters. The Kier molecular flexibility index (Phi) is 8.61. The highest BCUT2D eigenvalue weighted by Crippen LogP contribution is 2.29. The molecule has 5 nitrogen and oxygen atoms in total. The number of rotatable bonds is 8. The van der Waals surface area contributed by atoms with Gasteiger partial charge in [0.2, 0.25) is 5.91 Å². The Morgan fingerprint density at radius 1 is 1.04 bits per heavy atom. The minimum absolute atomic E-state index is 0.0303. The second-order valence-corrected chi connectivity index (χ2v) is 7.37. The summed E-state index contributed by atoms with van der Waals surface area (Å²) < 4.78 is 0. The van der Waals surface area contributed by atoms with Gasteiger partial charge in [-0.2, -0.15) is 0 Å². The number of benzene rings is 2. The fraction of sp³-hybridized carbons (Fsp3) is 0.333. The van der Waals surface area contributed by atoms with E-state index in [-0.39, 0.29) is 16.8 Å². The van der Waals surface area contributed by atoms with Crippen LogP contribution in [0.1, 0.15) is 25.8 Å².